The first kappa shape index (κ1) is 17.4. The Hall–Kier alpha value is -2.97. The van der Waals surface area contributed by atoms with Crippen molar-refractivity contribution in [3.05, 3.63) is 30.1 Å². The second-order valence-electron chi connectivity index (χ2n) is 5.76. The van der Waals surface area contributed by atoms with Gasteiger partial charge >= 0.3 is 6.03 Å². The van der Waals surface area contributed by atoms with Gasteiger partial charge in [0.1, 0.15) is 6.33 Å². The lowest BCUT2D eigenvalue weighted by atomic mass is 10.2. The molecule has 128 valence electrons. The SMILES string of the molecule is Cc1cc(NCC(=O)NC(=O)NCC(C)C)ccc1-n1cnnn1. The van der Waals surface area contributed by atoms with Gasteiger partial charge in [0, 0.05) is 12.2 Å². The first-order valence-corrected chi connectivity index (χ1v) is 7.61. The summed E-state index contributed by atoms with van der Waals surface area (Å²) < 4.78 is 1.56. The second kappa shape index (κ2) is 8.04. The number of carbonyl (C=O) groups is 2. The molecule has 0 atom stereocenters. The summed E-state index contributed by atoms with van der Waals surface area (Å²) in [5.74, 6) is -0.0795. The smallest absolute Gasteiger partial charge is 0.321 e. The first-order valence-electron chi connectivity index (χ1n) is 7.61. The Morgan fingerprint density at radius 3 is 2.71 bits per heavy atom. The number of rotatable bonds is 6. The van der Waals surface area contributed by atoms with Crippen LogP contribution in [0, 0.1) is 12.8 Å². The van der Waals surface area contributed by atoms with Gasteiger partial charge in [0.05, 0.1) is 12.2 Å². The third-order valence-corrected chi connectivity index (χ3v) is 3.17. The minimum absolute atomic E-state index is 0.00122. The third-order valence-electron chi connectivity index (χ3n) is 3.17. The van der Waals surface area contributed by atoms with Crippen molar-refractivity contribution in [1.82, 2.24) is 30.8 Å². The van der Waals surface area contributed by atoms with Gasteiger partial charge in [-0.15, -0.1) is 5.10 Å². The standard InChI is InChI=1S/C15H21N7O2/c1-10(2)7-17-15(24)19-14(23)8-16-12-4-5-13(11(3)6-12)22-9-18-20-21-22/h4-6,9-10,16H,7-8H2,1-3H3,(H2,17,19,23,24). The summed E-state index contributed by atoms with van der Waals surface area (Å²) in [7, 11) is 0. The second-order valence-corrected chi connectivity index (χ2v) is 5.76. The number of anilines is 1. The summed E-state index contributed by atoms with van der Waals surface area (Å²) in [6, 6.07) is 5.06. The van der Waals surface area contributed by atoms with Crippen molar-refractivity contribution < 1.29 is 9.59 Å². The number of tetrazole rings is 1. The molecular weight excluding hydrogens is 310 g/mol. The van der Waals surface area contributed by atoms with Crippen LogP contribution in [0.2, 0.25) is 0 Å². The molecule has 3 amide bonds. The van der Waals surface area contributed by atoms with Gasteiger partial charge < -0.3 is 10.6 Å². The topological polar surface area (TPSA) is 114 Å². The fourth-order valence-electron chi connectivity index (χ4n) is 1.99. The molecule has 0 radical (unpaired) electrons. The van der Waals surface area contributed by atoms with Gasteiger partial charge in [0.15, 0.2) is 0 Å². The van der Waals surface area contributed by atoms with Crippen LogP contribution in [0.15, 0.2) is 24.5 Å². The summed E-state index contributed by atoms with van der Waals surface area (Å²) in [4.78, 5) is 23.3. The quantitative estimate of drug-likeness (QED) is 0.723. The molecular formula is C15H21N7O2. The van der Waals surface area contributed by atoms with E-state index in [1.807, 2.05) is 39.0 Å². The number of imide groups is 1. The molecule has 0 unspecified atom stereocenters. The van der Waals surface area contributed by atoms with E-state index >= 15 is 0 Å². The zero-order valence-corrected chi connectivity index (χ0v) is 13.9. The Balaban J connectivity index is 1.85. The van der Waals surface area contributed by atoms with Crippen LogP contribution in [-0.2, 0) is 4.79 Å². The molecule has 9 heteroatoms. The monoisotopic (exact) mass is 331 g/mol. The molecule has 0 aliphatic carbocycles. The van der Waals surface area contributed by atoms with Crippen molar-refractivity contribution in [2.75, 3.05) is 18.4 Å². The highest BCUT2D eigenvalue weighted by Crippen LogP contribution is 2.17. The Morgan fingerprint density at radius 2 is 2.08 bits per heavy atom. The van der Waals surface area contributed by atoms with Crippen LogP contribution in [0.5, 0.6) is 0 Å². The van der Waals surface area contributed by atoms with Crippen LogP contribution >= 0.6 is 0 Å². The van der Waals surface area contributed by atoms with Crippen molar-refractivity contribution in [3.8, 4) is 5.69 Å². The lowest BCUT2D eigenvalue weighted by molar-refractivity contribution is -0.118. The van der Waals surface area contributed by atoms with E-state index in [1.54, 1.807) is 4.68 Å². The van der Waals surface area contributed by atoms with E-state index in [4.69, 9.17) is 0 Å². The Bertz CT molecular complexity index is 698. The molecule has 0 fully saturated rings. The third kappa shape index (κ3) is 5.04. The van der Waals surface area contributed by atoms with Gasteiger partial charge in [-0.3, -0.25) is 10.1 Å². The number of nitrogens with one attached hydrogen (secondary N) is 3. The van der Waals surface area contributed by atoms with E-state index in [2.05, 4.69) is 31.5 Å². The molecule has 24 heavy (non-hydrogen) atoms. The van der Waals surface area contributed by atoms with E-state index in [0.717, 1.165) is 16.9 Å². The summed E-state index contributed by atoms with van der Waals surface area (Å²) in [6.45, 7) is 6.39. The molecule has 0 saturated carbocycles. The predicted molar refractivity (Wildman–Crippen MR) is 88.8 cm³/mol. The zero-order valence-electron chi connectivity index (χ0n) is 13.9. The summed E-state index contributed by atoms with van der Waals surface area (Å²) in [5.41, 5.74) is 2.56. The molecule has 0 aliphatic heterocycles. The molecule has 3 N–H and O–H groups in total. The molecule has 2 rings (SSSR count). The molecule has 1 aromatic heterocycles. The molecule has 0 spiro atoms. The van der Waals surface area contributed by atoms with Gasteiger partial charge in [0.25, 0.3) is 0 Å². The molecule has 1 heterocycles. The Morgan fingerprint density at radius 1 is 1.29 bits per heavy atom. The van der Waals surface area contributed by atoms with Gasteiger partial charge in [-0.2, -0.15) is 0 Å². The summed E-state index contributed by atoms with van der Waals surface area (Å²) >= 11 is 0. The van der Waals surface area contributed by atoms with Gasteiger partial charge in [-0.05, 0) is 47.0 Å². The first-order chi connectivity index (χ1) is 11.5. The van der Waals surface area contributed by atoms with Crippen LogP contribution in [0.3, 0.4) is 0 Å². The lowest BCUT2D eigenvalue weighted by Gasteiger charge is -2.11. The van der Waals surface area contributed by atoms with Crippen LogP contribution < -0.4 is 16.0 Å². The van der Waals surface area contributed by atoms with Crippen LogP contribution in [0.25, 0.3) is 5.69 Å². The Kier molecular flexibility index (Phi) is 5.83. The number of urea groups is 1. The molecule has 0 saturated heterocycles. The highest BCUT2D eigenvalue weighted by atomic mass is 16.2. The predicted octanol–water partition coefficient (Wildman–Crippen LogP) is 0.864. The highest BCUT2D eigenvalue weighted by molar-refractivity contribution is 5.96. The molecule has 2 aromatic rings. The van der Waals surface area contributed by atoms with E-state index in [-0.39, 0.29) is 6.54 Å². The van der Waals surface area contributed by atoms with Crippen molar-refractivity contribution in [3.63, 3.8) is 0 Å². The van der Waals surface area contributed by atoms with Crippen LogP contribution in [-0.4, -0.2) is 45.2 Å². The van der Waals surface area contributed by atoms with Crippen molar-refractivity contribution in [2.24, 2.45) is 5.92 Å². The summed E-state index contributed by atoms with van der Waals surface area (Å²) in [6.07, 6.45) is 1.51. The minimum Gasteiger partial charge on any atom is -0.376 e. The minimum atomic E-state index is -0.485. The van der Waals surface area contributed by atoms with Crippen molar-refractivity contribution in [2.45, 2.75) is 20.8 Å². The van der Waals surface area contributed by atoms with E-state index < -0.39 is 11.9 Å². The number of nitrogens with zero attached hydrogens (tertiary/aromatic N) is 4. The molecule has 9 nitrogen and oxygen atoms in total. The van der Waals surface area contributed by atoms with Gasteiger partial charge in [0.2, 0.25) is 5.91 Å². The molecule has 0 bridgehead atoms. The maximum atomic E-state index is 11.7. The maximum absolute atomic E-state index is 11.7. The number of hydrogen-bond donors (Lipinski definition) is 3. The number of hydrogen-bond acceptors (Lipinski definition) is 6. The average molecular weight is 331 g/mol. The number of aryl methyl sites for hydroxylation is 1. The van der Waals surface area contributed by atoms with E-state index in [1.165, 1.54) is 6.33 Å². The van der Waals surface area contributed by atoms with E-state index in [9.17, 15) is 9.59 Å². The Labute approximate surface area is 139 Å². The van der Waals surface area contributed by atoms with Gasteiger partial charge in [-0.25, -0.2) is 9.48 Å². The number of benzene rings is 1. The van der Waals surface area contributed by atoms with Crippen LogP contribution in [0.4, 0.5) is 10.5 Å². The maximum Gasteiger partial charge on any atom is 0.321 e. The average Bonchev–Trinajstić information content (AvgIpc) is 3.05. The fraction of sp³-hybridized carbons (Fsp3) is 0.400. The van der Waals surface area contributed by atoms with Crippen molar-refractivity contribution >= 4 is 17.6 Å². The number of aromatic nitrogens is 4. The normalized spacial score (nSPS) is 10.5. The number of amides is 3. The number of carbonyl (C=O) groups excluding carboxylic acids is 2. The highest BCUT2D eigenvalue weighted by Gasteiger charge is 2.08. The molecule has 1 aromatic carbocycles. The van der Waals surface area contributed by atoms with Gasteiger partial charge in [-0.1, -0.05) is 13.8 Å². The summed E-state index contributed by atoms with van der Waals surface area (Å²) in [5, 5.41) is 18.9. The van der Waals surface area contributed by atoms with Crippen LogP contribution in [0.1, 0.15) is 19.4 Å². The zero-order chi connectivity index (χ0) is 17.5. The lowest BCUT2D eigenvalue weighted by Crippen LogP contribution is -2.43. The molecule has 0 aliphatic rings. The van der Waals surface area contributed by atoms with E-state index in [0.29, 0.717) is 12.5 Å². The fourth-order valence-corrected chi connectivity index (χ4v) is 1.99. The largest absolute Gasteiger partial charge is 0.376 e. The van der Waals surface area contributed by atoms with Crippen molar-refractivity contribution in [1.29, 1.82) is 0 Å².